The first-order valence-electron chi connectivity index (χ1n) is 10.2. The third kappa shape index (κ3) is 3.86. The van der Waals surface area contributed by atoms with Gasteiger partial charge in [0.25, 0.3) is 0 Å². The van der Waals surface area contributed by atoms with Crippen molar-refractivity contribution in [3.8, 4) is 0 Å². The molecule has 0 saturated carbocycles. The lowest BCUT2D eigenvalue weighted by Gasteiger charge is -2.36. The van der Waals surface area contributed by atoms with Gasteiger partial charge < -0.3 is 10.4 Å². The maximum atomic E-state index is 11.9. The molecule has 1 amide bonds. The highest BCUT2D eigenvalue weighted by molar-refractivity contribution is 5.79. The summed E-state index contributed by atoms with van der Waals surface area (Å²) in [6.07, 6.45) is 1.07. The summed E-state index contributed by atoms with van der Waals surface area (Å²) < 4.78 is 0. The van der Waals surface area contributed by atoms with Gasteiger partial charge in [0.1, 0.15) is 5.60 Å². The van der Waals surface area contributed by atoms with Gasteiger partial charge in [-0.15, -0.1) is 0 Å². The highest BCUT2D eigenvalue weighted by Gasteiger charge is 2.43. The molecule has 3 nitrogen and oxygen atoms in total. The number of benzene rings is 2. The van der Waals surface area contributed by atoms with Crippen LogP contribution >= 0.6 is 0 Å². The van der Waals surface area contributed by atoms with Crippen molar-refractivity contribution in [3.05, 3.63) is 70.8 Å². The van der Waals surface area contributed by atoms with Crippen molar-refractivity contribution in [2.75, 3.05) is 0 Å². The van der Waals surface area contributed by atoms with Crippen molar-refractivity contribution in [1.82, 2.24) is 5.32 Å². The summed E-state index contributed by atoms with van der Waals surface area (Å²) in [7, 11) is 0. The fraction of sp³-hybridized carbons (Fsp3) is 0.480. The molecule has 1 heterocycles. The molecular formula is C25H33NO2. The molecule has 1 fully saturated rings. The fourth-order valence-corrected chi connectivity index (χ4v) is 3.95. The smallest absolute Gasteiger partial charge is 0.220 e. The Morgan fingerprint density at radius 2 is 1.11 bits per heavy atom. The molecule has 150 valence electrons. The largest absolute Gasteiger partial charge is 0.378 e. The van der Waals surface area contributed by atoms with Crippen molar-refractivity contribution in [1.29, 1.82) is 0 Å². The highest BCUT2D eigenvalue weighted by atomic mass is 16.3. The number of carbonyl (C=O) groups is 1. The van der Waals surface area contributed by atoms with Crippen molar-refractivity contribution in [3.63, 3.8) is 0 Å². The second kappa shape index (κ2) is 7.04. The van der Waals surface area contributed by atoms with E-state index in [9.17, 15) is 9.90 Å². The van der Waals surface area contributed by atoms with Crippen LogP contribution in [0.4, 0.5) is 0 Å². The first-order valence-corrected chi connectivity index (χ1v) is 10.2. The Balaban J connectivity index is 2.07. The Labute approximate surface area is 169 Å². The SMILES string of the molecule is CC(C)(C)c1ccc(C(O)(c2ccc(C(C)(C)C)cc2)[C@H]2CCC(=O)N2)cc1. The van der Waals surface area contributed by atoms with E-state index in [-0.39, 0.29) is 22.8 Å². The second-order valence-electron chi connectivity index (χ2n) is 10.1. The van der Waals surface area contributed by atoms with Crippen LogP contribution in [0.2, 0.25) is 0 Å². The average Bonchev–Trinajstić information content (AvgIpc) is 3.07. The van der Waals surface area contributed by atoms with E-state index in [1.54, 1.807) is 0 Å². The molecule has 3 rings (SSSR count). The van der Waals surface area contributed by atoms with Gasteiger partial charge in [-0.25, -0.2) is 0 Å². The van der Waals surface area contributed by atoms with Crippen LogP contribution < -0.4 is 5.32 Å². The van der Waals surface area contributed by atoms with Crippen LogP contribution in [0.5, 0.6) is 0 Å². The molecule has 1 aliphatic heterocycles. The van der Waals surface area contributed by atoms with Crippen molar-refractivity contribution in [2.45, 2.75) is 76.9 Å². The highest BCUT2D eigenvalue weighted by Crippen LogP contribution is 2.38. The predicted octanol–water partition coefficient (Wildman–Crippen LogP) is 4.80. The van der Waals surface area contributed by atoms with E-state index in [1.165, 1.54) is 11.1 Å². The molecule has 0 aromatic heterocycles. The zero-order valence-corrected chi connectivity index (χ0v) is 18.0. The minimum absolute atomic E-state index is 0.000971. The number of hydrogen-bond donors (Lipinski definition) is 2. The van der Waals surface area contributed by atoms with E-state index in [0.717, 1.165) is 11.1 Å². The van der Waals surface area contributed by atoms with Crippen LogP contribution in [0.1, 0.15) is 76.6 Å². The zero-order chi connectivity index (χ0) is 20.7. The van der Waals surface area contributed by atoms with Gasteiger partial charge in [0.2, 0.25) is 5.91 Å². The summed E-state index contributed by atoms with van der Waals surface area (Å²) in [5, 5.41) is 14.9. The molecule has 0 radical (unpaired) electrons. The quantitative estimate of drug-likeness (QED) is 0.805. The van der Waals surface area contributed by atoms with E-state index in [2.05, 4.69) is 71.1 Å². The van der Waals surface area contributed by atoms with Crippen LogP contribution in [0.15, 0.2) is 48.5 Å². The summed E-state index contributed by atoms with van der Waals surface area (Å²) in [6, 6.07) is 16.0. The van der Waals surface area contributed by atoms with E-state index in [0.29, 0.717) is 12.8 Å². The molecule has 0 bridgehead atoms. The normalized spacial score (nSPS) is 18.2. The van der Waals surface area contributed by atoms with Crippen molar-refractivity contribution in [2.24, 2.45) is 0 Å². The fourth-order valence-electron chi connectivity index (χ4n) is 3.95. The van der Waals surface area contributed by atoms with Gasteiger partial charge in [0, 0.05) is 6.42 Å². The average molecular weight is 380 g/mol. The van der Waals surface area contributed by atoms with Gasteiger partial charge in [0.05, 0.1) is 6.04 Å². The standard InChI is InChI=1S/C25H33NO2/c1-23(2,3)17-7-11-19(12-8-17)25(28,21-15-16-22(27)26-21)20-13-9-18(10-14-20)24(4,5)6/h7-14,21,28H,15-16H2,1-6H3,(H,26,27)/t21-/m1/s1. The van der Waals surface area contributed by atoms with Crippen LogP contribution in [0.25, 0.3) is 0 Å². The molecule has 1 saturated heterocycles. The number of nitrogens with one attached hydrogen (secondary N) is 1. The number of rotatable bonds is 3. The third-order valence-corrected chi connectivity index (χ3v) is 5.88. The molecule has 2 N–H and O–H groups in total. The zero-order valence-electron chi connectivity index (χ0n) is 18.0. The topological polar surface area (TPSA) is 49.3 Å². The molecule has 3 heteroatoms. The summed E-state index contributed by atoms with van der Waals surface area (Å²) in [5.74, 6) is 0.000971. The number of hydrogen-bond acceptors (Lipinski definition) is 2. The van der Waals surface area contributed by atoms with Gasteiger partial charge in [-0.05, 0) is 39.5 Å². The Hall–Kier alpha value is -2.13. The molecule has 2 aromatic rings. The van der Waals surface area contributed by atoms with Gasteiger partial charge in [-0.3, -0.25) is 4.79 Å². The van der Waals surface area contributed by atoms with E-state index in [1.807, 2.05) is 24.3 Å². The van der Waals surface area contributed by atoms with Gasteiger partial charge in [-0.1, -0.05) is 90.1 Å². The summed E-state index contributed by atoms with van der Waals surface area (Å²) in [5.41, 5.74) is 2.92. The van der Waals surface area contributed by atoms with E-state index >= 15 is 0 Å². The lowest BCUT2D eigenvalue weighted by atomic mass is 9.77. The van der Waals surface area contributed by atoms with Gasteiger partial charge in [-0.2, -0.15) is 0 Å². The molecule has 28 heavy (non-hydrogen) atoms. The lowest BCUT2D eigenvalue weighted by Crippen LogP contribution is -2.47. The van der Waals surface area contributed by atoms with Gasteiger partial charge >= 0.3 is 0 Å². The summed E-state index contributed by atoms with van der Waals surface area (Å²) in [6.45, 7) is 13.1. The predicted molar refractivity (Wildman–Crippen MR) is 114 cm³/mol. The monoisotopic (exact) mass is 379 g/mol. The Morgan fingerprint density at radius 1 is 0.750 bits per heavy atom. The van der Waals surface area contributed by atoms with Crippen LogP contribution in [0, 0.1) is 0 Å². The van der Waals surface area contributed by atoms with Crippen LogP contribution in [-0.2, 0) is 21.2 Å². The van der Waals surface area contributed by atoms with E-state index in [4.69, 9.17) is 0 Å². The summed E-state index contributed by atoms with van der Waals surface area (Å²) in [4.78, 5) is 11.9. The van der Waals surface area contributed by atoms with Crippen molar-refractivity contribution < 1.29 is 9.90 Å². The van der Waals surface area contributed by atoms with Crippen molar-refractivity contribution >= 4 is 5.91 Å². The van der Waals surface area contributed by atoms with E-state index < -0.39 is 5.60 Å². The Morgan fingerprint density at radius 3 is 1.39 bits per heavy atom. The molecule has 1 atom stereocenters. The molecule has 0 spiro atoms. The maximum Gasteiger partial charge on any atom is 0.220 e. The van der Waals surface area contributed by atoms with Gasteiger partial charge in [0.15, 0.2) is 0 Å². The molecule has 0 unspecified atom stereocenters. The molecular weight excluding hydrogens is 346 g/mol. The number of aliphatic hydroxyl groups is 1. The molecule has 1 aliphatic rings. The Kier molecular flexibility index (Phi) is 5.18. The van der Waals surface area contributed by atoms with Crippen LogP contribution in [-0.4, -0.2) is 17.1 Å². The lowest BCUT2D eigenvalue weighted by molar-refractivity contribution is -0.120. The Bertz CT molecular complexity index is 779. The summed E-state index contributed by atoms with van der Waals surface area (Å²) >= 11 is 0. The minimum Gasteiger partial charge on any atom is -0.378 e. The first-order chi connectivity index (χ1) is 12.9. The maximum absolute atomic E-state index is 11.9. The number of carbonyl (C=O) groups excluding carboxylic acids is 1. The third-order valence-electron chi connectivity index (χ3n) is 5.88. The minimum atomic E-state index is -1.25. The molecule has 0 aliphatic carbocycles. The van der Waals surface area contributed by atoms with Crippen LogP contribution in [0.3, 0.4) is 0 Å². The molecule has 2 aromatic carbocycles. The first kappa shape index (κ1) is 20.6. The second-order valence-corrected chi connectivity index (χ2v) is 10.1. The number of amides is 1.